The number of ether oxygens (including phenoxy) is 3. The molecule has 0 bridgehead atoms. The standard InChI is InChI=1S/C12H17NO5/c1-10-11(4-3-5-12(10)13(14)15)8-18-9-17-7-6-16-2/h3-5H,6-9H2,1-2H3. The van der Waals surface area contributed by atoms with Crippen molar-refractivity contribution in [1.29, 1.82) is 0 Å². The van der Waals surface area contributed by atoms with Gasteiger partial charge >= 0.3 is 0 Å². The fraction of sp³-hybridized carbons (Fsp3) is 0.500. The summed E-state index contributed by atoms with van der Waals surface area (Å²) in [5.74, 6) is 0. The maximum Gasteiger partial charge on any atom is 0.272 e. The highest BCUT2D eigenvalue weighted by Crippen LogP contribution is 2.21. The van der Waals surface area contributed by atoms with Gasteiger partial charge in [0.1, 0.15) is 6.79 Å². The van der Waals surface area contributed by atoms with Gasteiger partial charge in [0.25, 0.3) is 5.69 Å². The lowest BCUT2D eigenvalue weighted by molar-refractivity contribution is -0.385. The predicted molar refractivity (Wildman–Crippen MR) is 65.3 cm³/mol. The van der Waals surface area contributed by atoms with Gasteiger partial charge in [-0.25, -0.2) is 0 Å². The minimum atomic E-state index is -0.395. The van der Waals surface area contributed by atoms with E-state index in [9.17, 15) is 10.1 Å². The summed E-state index contributed by atoms with van der Waals surface area (Å²) in [5.41, 5.74) is 1.52. The highest BCUT2D eigenvalue weighted by atomic mass is 16.7. The van der Waals surface area contributed by atoms with Crippen LogP contribution in [0.2, 0.25) is 0 Å². The van der Waals surface area contributed by atoms with Gasteiger partial charge in [0.05, 0.1) is 24.7 Å². The molecule has 0 fully saturated rings. The van der Waals surface area contributed by atoms with Gasteiger partial charge in [-0.05, 0) is 12.5 Å². The van der Waals surface area contributed by atoms with E-state index < -0.39 is 4.92 Å². The third-order valence-corrected chi connectivity index (χ3v) is 2.47. The normalized spacial score (nSPS) is 10.6. The predicted octanol–water partition coefficient (Wildman–Crippen LogP) is 2.04. The summed E-state index contributed by atoms with van der Waals surface area (Å²) in [7, 11) is 1.59. The molecule has 0 amide bonds. The van der Waals surface area contributed by atoms with Crippen LogP contribution in [-0.4, -0.2) is 32.0 Å². The molecule has 0 atom stereocenters. The minimum Gasteiger partial charge on any atom is -0.382 e. The molecule has 0 N–H and O–H groups in total. The summed E-state index contributed by atoms with van der Waals surface area (Å²) in [6.45, 7) is 3.12. The van der Waals surface area contributed by atoms with Crippen LogP contribution in [0.3, 0.4) is 0 Å². The molecule has 0 saturated heterocycles. The van der Waals surface area contributed by atoms with Crippen molar-refractivity contribution in [2.45, 2.75) is 13.5 Å². The smallest absolute Gasteiger partial charge is 0.272 e. The molecule has 100 valence electrons. The molecule has 0 unspecified atom stereocenters. The first kappa shape index (κ1) is 14.6. The van der Waals surface area contributed by atoms with E-state index in [1.165, 1.54) is 6.07 Å². The van der Waals surface area contributed by atoms with Crippen LogP contribution < -0.4 is 0 Å². The van der Waals surface area contributed by atoms with Crippen LogP contribution >= 0.6 is 0 Å². The first-order chi connectivity index (χ1) is 8.66. The summed E-state index contributed by atoms with van der Waals surface area (Å²) < 4.78 is 15.2. The molecule has 18 heavy (non-hydrogen) atoms. The molecule has 0 aliphatic heterocycles. The number of hydrogen-bond acceptors (Lipinski definition) is 5. The van der Waals surface area contributed by atoms with Gasteiger partial charge < -0.3 is 14.2 Å². The number of nitrogens with zero attached hydrogens (tertiary/aromatic N) is 1. The molecule has 0 aliphatic carbocycles. The average molecular weight is 255 g/mol. The molecule has 1 rings (SSSR count). The van der Waals surface area contributed by atoms with Gasteiger partial charge in [0, 0.05) is 18.7 Å². The van der Waals surface area contributed by atoms with Crippen LogP contribution in [0.25, 0.3) is 0 Å². The van der Waals surface area contributed by atoms with E-state index in [1.54, 1.807) is 26.2 Å². The lowest BCUT2D eigenvalue weighted by atomic mass is 10.1. The fourth-order valence-electron chi connectivity index (χ4n) is 1.44. The molecule has 0 aromatic heterocycles. The van der Waals surface area contributed by atoms with Crippen LogP contribution in [0, 0.1) is 17.0 Å². The molecule has 0 saturated carbocycles. The molecule has 6 heteroatoms. The van der Waals surface area contributed by atoms with E-state index in [2.05, 4.69) is 0 Å². The fourth-order valence-corrected chi connectivity index (χ4v) is 1.44. The maximum atomic E-state index is 10.7. The number of rotatable bonds is 8. The van der Waals surface area contributed by atoms with Crippen molar-refractivity contribution in [3.05, 3.63) is 39.4 Å². The van der Waals surface area contributed by atoms with E-state index in [1.807, 2.05) is 0 Å². The Balaban J connectivity index is 2.43. The van der Waals surface area contributed by atoms with Crippen LogP contribution in [0.1, 0.15) is 11.1 Å². The van der Waals surface area contributed by atoms with Gasteiger partial charge in [0.2, 0.25) is 0 Å². The van der Waals surface area contributed by atoms with Crippen molar-refractivity contribution < 1.29 is 19.1 Å². The minimum absolute atomic E-state index is 0.108. The highest BCUT2D eigenvalue weighted by molar-refractivity contribution is 5.44. The molecule has 0 radical (unpaired) electrons. The zero-order valence-corrected chi connectivity index (χ0v) is 10.5. The number of nitro groups is 1. The topological polar surface area (TPSA) is 70.8 Å². The molecule has 0 heterocycles. The van der Waals surface area contributed by atoms with Gasteiger partial charge in [-0.2, -0.15) is 0 Å². The molecule has 1 aromatic carbocycles. The van der Waals surface area contributed by atoms with Crippen molar-refractivity contribution in [2.75, 3.05) is 27.1 Å². The van der Waals surface area contributed by atoms with Gasteiger partial charge in [-0.1, -0.05) is 12.1 Å². The van der Waals surface area contributed by atoms with Gasteiger partial charge in [-0.3, -0.25) is 10.1 Å². The molecule has 6 nitrogen and oxygen atoms in total. The van der Waals surface area contributed by atoms with E-state index in [-0.39, 0.29) is 12.5 Å². The molecule has 0 aliphatic rings. The third kappa shape index (κ3) is 4.40. The molecule has 1 aromatic rings. The second kappa shape index (κ2) is 7.75. The van der Waals surface area contributed by atoms with E-state index >= 15 is 0 Å². The average Bonchev–Trinajstić information content (AvgIpc) is 2.35. The quantitative estimate of drug-likeness (QED) is 0.307. The SMILES string of the molecule is COCCOCOCc1cccc([N+](=O)[O-])c1C. The van der Waals surface area contributed by atoms with Crippen molar-refractivity contribution in [1.82, 2.24) is 0 Å². The van der Waals surface area contributed by atoms with Crippen LogP contribution in [0.4, 0.5) is 5.69 Å². The number of benzene rings is 1. The molecule has 0 spiro atoms. The van der Waals surface area contributed by atoms with E-state index in [0.29, 0.717) is 25.4 Å². The second-order valence-electron chi connectivity index (χ2n) is 3.69. The molecular weight excluding hydrogens is 238 g/mol. The highest BCUT2D eigenvalue weighted by Gasteiger charge is 2.12. The number of nitro benzene ring substituents is 1. The van der Waals surface area contributed by atoms with E-state index in [4.69, 9.17) is 14.2 Å². The summed E-state index contributed by atoms with van der Waals surface area (Å²) in [5, 5.41) is 10.7. The van der Waals surface area contributed by atoms with Gasteiger partial charge in [-0.15, -0.1) is 0 Å². The van der Waals surface area contributed by atoms with Crippen molar-refractivity contribution in [2.24, 2.45) is 0 Å². The van der Waals surface area contributed by atoms with Crippen LogP contribution in [-0.2, 0) is 20.8 Å². The Labute approximate surface area is 106 Å². The zero-order valence-electron chi connectivity index (χ0n) is 10.5. The van der Waals surface area contributed by atoms with Gasteiger partial charge in [0.15, 0.2) is 0 Å². The first-order valence-electron chi connectivity index (χ1n) is 5.54. The third-order valence-electron chi connectivity index (χ3n) is 2.47. The Morgan fingerprint density at radius 1 is 1.28 bits per heavy atom. The lowest BCUT2D eigenvalue weighted by Crippen LogP contribution is -2.06. The summed E-state index contributed by atoms with van der Waals surface area (Å²) in [4.78, 5) is 10.4. The van der Waals surface area contributed by atoms with Crippen LogP contribution in [0.5, 0.6) is 0 Å². The summed E-state index contributed by atoms with van der Waals surface area (Å²) in [6.07, 6.45) is 0. The lowest BCUT2D eigenvalue weighted by Gasteiger charge is -2.08. The first-order valence-corrected chi connectivity index (χ1v) is 5.54. The Bertz CT molecular complexity index is 394. The van der Waals surface area contributed by atoms with E-state index in [0.717, 1.165) is 5.56 Å². The van der Waals surface area contributed by atoms with Crippen molar-refractivity contribution in [3.8, 4) is 0 Å². The Morgan fingerprint density at radius 2 is 2.06 bits per heavy atom. The van der Waals surface area contributed by atoms with Crippen molar-refractivity contribution in [3.63, 3.8) is 0 Å². The molecular formula is C12H17NO5. The Morgan fingerprint density at radius 3 is 2.72 bits per heavy atom. The largest absolute Gasteiger partial charge is 0.382 e. The summed E-state index contributed by atoms with van der Waals surface area (Å²) >= 11 is 0. The zero-order chi connectivity index (χ0) is 13.4. The number of hydrogen-bond donors (Lipinski definition) is 0. The monoisotopic (exact) mass is 255 g/mol. The van der Waals surface area contributed by atoms with Crippen molar-refractivity contribution >= 4 is 5.69 Å². The maximum absolute atomic E-state index is 10.7. The Hall–Kier alpha value is -1.50. The van der Waals surface area contributed by atoms with Crippen LogP contribution in [0.15, 0.2) is 18.2 Å². The summed E-state index contributed by atoms with van der Waals surface area (Å²) in [6, 6.07) is 4.93. The number of methoxy groups -OCH3 is 1. The second-order valence-corrected chi connectivity index (χ2v) is 3.69. The Kier molecular flexibility index (Phi) is 6.27.